The van der Waals surface area contributed by atoms with E-state index in [1.54, 1.807) is 0 Å². The maximum absolute atomic E-state index is 11.2. The highest BCUT2D eigenvalue weighted by atomic mass is 16.2. The number of carbonyl (C=O) groups excluding carboxylic acids is 1. The van der Waals surface area contributed by atoms with Crippen LogP contribution in [-0.4, -0.2) is 5.91 Å². The molecule has 0 aromatic heterocycles. The van der Waals surface area contributed by atoms with Gasteiger partial charge in [-0.05, 0) is 12.3 Å². The second kappa shape index (κ2) is 1.68. The van der Waals surface area contributed by atoms with E-state index in [4.69, 9.17) is 0 Å². The molecule has 0 radical (unpaired) electrons. The van der Waals surface area contributed by atoms with Crippen molar-refractivity contribution in [1.82, 2.24) is 5.32 Å². The van der Waals surface area contributed by atoms with Crippen molar-refractivity contribution < 1.29 is 4.79 Å². The Morgan fingerprint density at radius 2 is 2.09 bits per heavy atom. The van der Waals surface area contributed by atoms with Crippen LogP contribution < -0.4 is 5.32 Å². The second-order valence-electron chi connectivity index (χ2n) is 4.01. The Labute approximate surface area is 66.7 Å². The van der Waals surface area contributed by atoms with Gasteiger partial charge >= 0.3 is 0 Å². The third kappa shape index (κ3) is 0.647. The molecule has 2 nitrogen and oxygen atoms in total. The molecule has 1 amide bonds. The molecule has 2 atom stereocenters. The van der Waals surface area contributed by atoms with E-state index in [0.29, 0.717) is 5.92 Å². The van der Waals surface area contributed by atoms with Crippen LogP contribution in [0.2, 0.25) is 0 Å². The minimum absolute atomic E-state index is 0.216. The van der Waals surface area contributed by atoms with Crippen molar-refractivity contribution in [3.63, 3.8) is 0 Å². The first-order chi connectivity index (χ1) is 5.09. The Bertz CT molecular complexity index is 252. The molecule has 1 saturated heterocycles. The van der Waals surface area contributed by atoms with Gasteiger partial charge < -0.3 is 5.32 Å². The first kappa shape index (κ1) is 6.89. The molecule has 2 rings (SSSR count). The van der Waals surface area contributed by atoms with Crippen LogP contribution in [0.4, 0.5) is 0 Å². The van der Waals surface area contributed by atoms with Gasteiger partial charge in [-0.3, -0.25) is 4.79 Å². The van der Waals surface area contributed by atoms with Gasteiger partial charge in [-0.1, -0.05) is 19.9 Å². The zero-order chi connectivity index (χ0) is 8.22. The molecule has 0 aromatic carbocycles. The fraction of sp³-hybridized carbons (Fsp3) is 0.667. The Morgan fingerprint density at radius 1 is 1.45 bits per heavy atom. The standard InChI is InChI=1S/C9H13NO/c1-4-5-6-7(8(11)10-5)9(6,2)3/h4,6-7H,1-3H3,(H,10,11)/b5-4-. The zero-order valence-electron chi connectivity index (χ0n) is 7.14. The van der Waals surface area contributed by atoms with Crippen molar-refractivity contribution >= 4 is 5.91 Å². The van der Waals surface area contributed by atoms with Crippen LogP contribution >= 0.6 is 0 Å². The molecule has 2 heteroatoms. The summed E-state index contributed by atoms with van der Waals surface area (Å²) in [5.41, 5.74) is 1.36. The van der Waals surface area contributed by atoms with Gasteiger partial charge in [0.1, 0.15) is 0 Å². The van der Waals surface area contributed by atoms with E-state index < -0.39 is 0 Å². The van der Waals surface area contributed by atoms with E-state index in [2.05, 4.69) is 19.2 Å². The number of hydrogen-bond donors (Lipinski definition) is 1. The maximum atomic E-state index is 11.2. The van der Waals surface area contributed by atoms with Crippen LogP contribution in [0, 0.1) is 17.3 Å². The van der Waals surface area contributed by atoms with Crippen molar-refractivity contribution in [2.24, 2.45) is 17.3 Å². The highest BCUT2D eigenvalue weighted by Crippen LogP contribution is 2.64. The number of amides is 1. The van der Waals surface area contributed by atoms with Gasteiger partial charge in [-0.15, -0.1) is 0 Å². The first-order valence-electron chi connectivity index (χ1n) is 4.06. The molecule has 2 fully saturated rings. The minimum atomic E-state index is 0.216. The monoisotopic (exact) mass is 151 g/mol. The quantitative estimate of drug-likeness (QED) is 0.555. The van der Waals surface area contributed by atoms with Gasteiger partial charge in [0.25, 0.3) is 0 Å². The number of piperidine rings is 1. The van der Waals surface area contributed by atoms with E-state index in [1.165, 1.54) is 0 Å². The number of fused-ring (bicyclic) bond motifs is 1. The maximum Gasteiger partial charge on any atom is 0.228 e. The molecule has 1 N–H and O–H groups in total. The molecule has 2 aliphatic rings. The van der Waals surface area contributed by atoms with Gasteiger partial charge in [0, 0.05) is 11.6 Å². The average molecular weight is 151 g/mol. The Hall–Kier alpha value is -0.790. The lowest BCUT2D eigenvalue weighted by molar-refractivity contribution is -0.121. The first-order valence-corrected chi connectivity index (χ1v) is 4.06. The number of allylic oxidation sites excluding steroid dienone is 2. The van der Waals surface area contributed by atoms with Crippen molar-refractivity contribution in [2.45, 2.75) is 20.8 Å². The molecule has 1 aliphatic carbocycles. The summed E-state index contributed by atoms with van der Waals surface area (Å²) >= 11 is 0. The van der Waals surface area contributed by atoms with E-state index in [-0.39, 0.29) is 17.2 Å². The highest BCUT2D eigenvalue weighted by Gasteiger charge is 2.67. The molecule has 60 valence electrons. The van der Waals surface area contributed by atoms with Crippen molar-refractivity contribution in [3.8, 4) is 0 Å². The summed E-state index contributed by atoms with van der Waals surface area (Å²) in [6, 6.07) is 0. The lowest BCUT2D eigenvalue weighted by Gasteiger charge is -2.09. The van der Waals surface area contributed by atoms with Crippen LogP contribution in [0.25, 0.3) is 0 Å². The summed E-state index contributed by atoms with van der Waals surface area (Å²) in [7, 11) is 0. The van der Waals surface area contributed by atoms with Gasteiger partial charge in [-0.25, -0.2) is 0 Å². The molecule has 11 heavy (non-hydrogen) atoms. The fourth-order valence-corrected chi connectivity index (χ4v) is 2.26. The molecule has 1 heterocycles. The van der Waals surface area contributed by atoms with Crippen molar-refractivity contribution in [3.05, 3.63) is 11.8 Å². The molecule has 0 spiro atoms. The number of carbonyl (C=O) groups is 1. The smallest absolute Gasteiger partial charge is 0.228 e. The topological polar surface area (TPSA) is 29.1 Å². The predicted octanol–water partition coefficient (Wildman–Crippen LogP) is 1.29. The van der Waals surface area contributed by atoms with E-state index in [9.17, 15) is 4.79 Å². The van der Waals surface area contributed by atoms with Gasteiger partial charge in [0.15, 0.2) is 0 Å². The summed E-state index contributed by atoms with van der Waals surface area (Å²) in [6.07, 6.45) is 2.01. The fourth-order valence-electron chi connectivity index (χ4n) is 2.26. The van der Waals surface area contributed by atoms with Crippen LogP contribution in [0.1, 0.15) is 20.8 Å². The summed E-state index contributed by atoms with van der Waals surface area (Å²) in [6.45, 7) is 6.29. The molecule has 1 aliphatic heterocycles. The van der Waals surface area contributed by atoms with E-state index in [1.807, 2.05) is 13.0 Å². The Morgan fingerprint density at radius 3 is 2.36 bits per heavy atom. The second-order valence-corrected chi connectivity index (χ2v) is 4.01. The molecule has 2 unspecified atom stereocenters. The highest BCUT2D eigenvalue weighted by molar-refractivity contribution is 5.89. The minimum Gasteiger partial charge on any atom is -0.330 e. The molecule has 0 aromatic rings. The summed E-state index contributed by atoms with van der Waals surface area (Å²) in [5, 5.41) is 2.88. The Balaban J connectivity index is 2.33. The van der Waals surface area contributed by atoms with Crippen LogP contribution in [-0.2, 0) is 4.79 Å². The summed E-state index contributed by atoms with van der Waals surface area (Å²) < 4.78 is 0. The van der Waals surface area contributed by atoms with Crippen molar-refractivity contribution in [1.29, 1.82) is 0 Å². The third-order valence-corrected chi connectivity index (χ3v) is 3.02. The van der Waals surface area contributed by atoms with Gasteiger partial charge in [0.05, 0.1) is 5.92 Å². The van der Waals surface area contributed by atoms with Gasteiger partial charge in [-0.2, -0.15) is 0 Å². The number of nitrogens with one attached hydrogen (secondary N) is 1. The largest absolute Gasteiger partial charge is 0.330 e. The van der Waals surface area contributed by atoms with Gasteiger partial charge in [0.2, 0.25) is 5.91 Å². The van der Waals surface area contributed by atoms with E-state index >= 15 is 0 Å². The third-order valence-electron chi connectivity index (χ3n) is 3.02. The lowest BCUT2D eigenvalue weighted by Crippen LogP contribution is -2.23. The van der Waals surface area contributed by atoms with E-state index in [0.717, 1.165) is 5.70 Å². The van der Waals surface area contributed by atoms with Crippen LogP contribution in [0.15, 0.2) is 11.8 Å². The summed E-state index contributed by atoms with van der Waals surface area (Å²) in [5.74, 6) is 0.960. The molecular weight excluding hydrogens is 138 g/mol. The SMILES string of the molecule is C/C=C1\NC(=O)C2C1C2(C)C. The Kier molecular flexibility index (Phi) is 1.05. The zero-order valence-corrected chi connectivity index (χ0v) is 7.14. The summed E-state index contributed by atoms with van der Waals surface area (Å²) in [4.78, 5) is 11.2. The predicted molar refractivity (Wildman–Crippen MR) is 42.7 cm³/mol. The molecule has 0 bridgehead atoms. The average Bonchev–Trinajstić information content (AvgIpc) is 2.37. The van der Waals surface area contributed by atoms with Crippen LogP contribution in [0.3, 0.4) is 0 Å². The van der Waals surface area contributed by atoms with Crippen molar-refractivity contribution in [2.75, 3.05) is 0 Å². The van der Waals surface area contributed by atoms with Crippen LogP contribution in [0.5, 0.6) is 0 Å². The number of rotatable bonds is 0. The normalized spacial score (nSPS) is 42.1. The number of hydrogen-bond acceptors (Lipinski definition) is 1. The molecular formula is C9H13NO. The lowest BCUT2D eigenvalue weighted by atomic mass is 10.1. The molecule has 1 saturated carbocycles.